The highest BCUT2D eigenvalue weighted by atomic mass is 16.7. The fourth-order valence-corrected chi connectivity index (χ4v) is 3.08. The van der Waals surface area contributed by atoms with Crippen molar-refractivity contribution in [2.24, 2.45) is 0 Å². The van der Waals surface area contributed by atoms with Gasteiger partial charge >= 0.3 is 0 Å². The average Bonchev–Trinajstić information content (AvgIpc) is 2.72. The normalized spacial score (nSPS) is 22.8. The Bertz CT molecular complexity index is 636. The Morgan fingerprint density at radius 2 is 2.03 bits per heavy atom. The lowest BCUT2D eigenvalue weighted by molar-refractivity contribution is -0.198. The molecular weight excluding hydrogens is 372 g/mol. The van der Waals surface area contributed by atoms with Crippen LogP contribution in [0.5, 0.6) is 5.75 Å². The van der Waals surface area contributed by atoms with Crippen LogP contribution in [0.3, 0.4) is 0 Å². The first kappa shape index (κ1) is 23.4. The minimum Gasteiger partial charge on any atom is -0.501 e. The highest BCUT2D eigenvalue weighted by molar-refractivity contribution is 5.35. The molecule has 1 N–H and O–H groups in total. The monoisotopic (exact) mass is 406 g/mol. The van der Waals surface area contributed by atoms with E-state index in [2.05, 4.69) is 13.0 Å². The molecule has 6 nitrogen and oxygen atoms in total. The molecule has 3 unspecified atom stereocenters. The Morgan fingerprint density at radius 1 is 1.21 bits per heavy atom. The predicted octanol–water partition coefficient (Wildman–Crippen LogP) is 3.98. The van der Waals surface area contributed by atoms with Crippen LogP contribution in [0, 0.1) is 0 Å². The van der Waals surface area contributed by atoms with Crippen molar-refractivity contribution in [1.82, 2.24) is 0 Å². The van der Waals surface area contributed by atoms with Crippen molar-refractivity contribution in [2.75, 3.05) is 27.1 Å². The smallest absolute Gasteiger partial charge is 0.202 e. The third-order valence-electron chi connectivity index (χ3n) is 4.62. The fourth-order valence-electron chi connectivity index (χ4n) is 3.08. The Labute approximate surface area is 174 Å². The van der Waals surface area contributed by atoms with Crippen LogP contribution >= 0.6 is 0 Å². The Kier molecular flexibility index (Phi) is 10.8. The van der Waals surface area contributed by atoms with Crippen molar-refractivity contribution in [2.45, 2.75) is 58.0 Å². The van der Waals surface area contributed by atoms with Gasteiger partial charge in [-0.15, -0.1) is 0 Å². The first-order chi connectivity index (χ1) is 14.2. The van der Waals surface area contributed by atoms with E-state index >= 15 is 0 Å². The summed E-state index contributed by atoms with van der Waals surface area (Å²) in [6, 6.07) is 7.88. The molecule has 29 heavy (non-hydrogen) atoms. The van der Waals surface area contributed by atoms with Gasteiger partial charge in [-0.3, -0.25) is 0 Å². The molecule has 1 aliphatic heterocycles. The Balaban J connectivity index is 1.93. The predicted molar refractivity (Wildman–Crippen MR) is 112 cm³/mol. The molecule has 0 aromatic heterocycles. The van der Waals surface area contributed by atoms with E-state index in [0.29, 0.717) is 26.1 Å². The highest BCUT2D eigenvalue weighted by Crippen LogP contribution is 2.26. The third kappa shape index (κ3) is 8.58. The minimum atomic E-state index is -0.510. The molecule has 2 rings (SSSR count). The second-order valence-electron chi connectivity index (χ2n) is 6.84. The van der Waals surface area contributed by atoms with Gasteiger partial charge in [0.1, 0.15) is 12.5 Å². The third-order valence-corrected chi connectivity index (χ3v) is 4.62. The molecule has 1 saturated heterocycles. The maximum atomic E-state index is 10.2. The topological polar surface area (TPSA) is 66.4 Å². The number of aliphatic hydroxyl groups excluding tert-OH is 1. The van der Waals surface area contributed by atoms with E-state index in [-0.39, 0.29) is 12.9 Å². The fraction of sp³-hybridized carbons (Fsp3) is 0.565. The van der Waals surface area contributed by atoms with E-state index in [1.807, 2.05) is 43.3 Å². The molecule has 0 spiro atoms. The zero-order chi connectivity index (χ0) is 20.9. The van der Waals surface area contributed by atoms with Gasteiger partial charge in [0.2, 0.25) is 6.29 Å². The lowest BCUT2D eigenvalue weighted by atomic mass is 10.1. The number of rotatable bonds is 12. The van der Waals surface area contributed by atoms with Gasteiger partial charge < -0.3 is 28.8 Å². The van der Waals surface area contributed by atoms with Crippen LogP contribution in [0.2, 0.25) is 0 Å². The molecule has 1 fully saturated rings. The zero-order valence-corrected chi connectivity index (χ0v) is 17.7. The van der Waals surface area contributed by atoms with Crippen LogP contribution < -0.4 is 4.74 Å². The molecule has 0 aliphatic carbocycles. The van der Waals surface area contributed by atoms with Gasteiger partial charge in [0, 0.05) is 25.9 Å². The van der Waals surface area contributed by atoms with Crippen molar-refractivity contribution in [3.05, 3.63) is 53.8 Å². The maximum Gasteiger partial charge on any atom is 0.202 e. The van der Waals surface area contributed by atoms with Crippen molar-refractivity contribution in [3.8, 4) is 5.75 Å². The Hall–Kier alpha value is -1.86. The van der Waals surface area contributed by atoms with E-state index in [0.717, 1.165) is 29.9 Å². The van der Waals surface area contributed by atoms with Gasteiger partial charge in [-0.1, -0.05) is 37.3 Å². The number of aliphatic hydroxyl groups is 1. The van der Waals surface area contributed by atoms with Crippen LogP contribution in [0.1, 0.15) is 38.7 Å². The molecular formula is C23H34O6. The summed E-state index contributed by atoms with van der Waals surface area (Å²) in [6.45, 7) is 5.17. The molecule has 1 aliphatic rings. The zero-order valence-electron chi connectivity index (χ0n) is 17.7. The van der Waals surface area contributed by atoms with E-state index in [4.69, 9.17) is 23.7 Å². The maximum absolute atomic E-state index is 10.2. The van der Waals surface area contributed by atoms with Gasteiger partial charge in [-0.25, -0.2) is 0 Å². The summed E-state index contributed by atoms with van der Waals surface area (Å²) < 4.78 is 28.0. The van der Waals surface area contributed by atoms with Crippen LogP contribution in [0.25, 0.3) is 0 Å². The first-order valence-electron chi connectivity index (χ1n) is 10.3. The van der Waals surface area contributed by atoms with E-state index < -0.39 is 12.4 Å². The van der Waals surface area contributed by atoms with Crippen molar-refractivity contribution >= 4 is 0 Å². The minimum absolute atomic E-state index is 0.220. The number of ether oxygens (including phenoxy) is 5. The molecule has 0 saturated carbocycles. The number of benzene rings is 1. The van der Waals surface area contributed by atoms with Crippen LogP contribution in [0.15, 0.2) is 48.3 Å². The molecule has 1 aromatic rings. The van der Waals surface area contributed by atoms with Gasteiger partial charge in [0.25, 0.3) is 0 Å². The molecule has 162 valence electrons. The summed E-state index contributed by atoms with van der Waals surface area (Å²) >= 11 is 0. The van der Waals surface area contributed by atoms with Gasteiger partial charge in [0.15, 0.2) is 0 Å². The molecule has 1 aromatic carbocycles. The van der Waals surface area contributed by atoms with Gasteiger partial charge in [-0.05, 0) is 31.1 Å². The van der Waals surface area contributed by atoms with Crippen LogP contribution in [0.4, 0.5) is 0 Å². The number of para-hydroxylation sites is 1. The molecule has 6 heteroatoms. The summed E-state index contributed by atoms with van der Waals surface area (Å²) in [5, 5.41) is 10.2. The molecule has 3 atom stereocenters. The van der Waals surface area contributed by atoms with E-state index in [9.17, 15) is 5.11 Å². The Morgan fingerprint density at radius 3 is 2.79 bits per heavy atom. The second-order valence-corrected chi connectivity index (χ2v) is 6.84. The summed E-state index contributed by atoms with van der Waals surface area (Å²) in [5.74, 6) is 1.70. The molecule has 0 radical (unpaired) electrons. The summed E-state index contributed by atoms with van der Waals surface area (Å²) in [4.78, 5) is 0. The van der Waals surface area contributed by atoms with Crippen LogP contribution in [-0.4, -0.2) is 50.7 Å². The average molecular weight is 407 g/mol. The largest absolute Gasteiger partial charge is 0.501 e. The van der Waals surface area contributed by atoms with Gasteiger partial charge in [-0.2, -0.15) is 0 Å². The standard InChI is InChI=1S/C23H34O6/c1-4-20(25-3)12-8-6-10-18-11-7-9-13-22(18)29-23-15-19(24)14-21(28-23)16-27-17-26-5-2/h6-9,11-13,19,21,23-24H,4-5,10,14-17H2,1-3H3. The quantitative estimate of drug-likeness (QED) is 0.245. The molecule has 0 amide bonds. The second kappa shape index (κ2) is 13.4. The lowest BCUT2D eigenvalue weighted by Gasteiger charge is -2.33. The van der Waals surface area contributed by atoms with Crippen molar-refractivity contribution in [3.63, 3.8) is 0 Å². The van der Waals surface area contributed by atoms with Crippen molar-refractivity contribution < 1.29 is 28.8 Å². The number of allylic oxidation sites excluding steroid dienone is 4. The highest BCUT2D eigenvalue weighted by Gasteiger charge is 2.30. The summed E-state index contributed by atoms with van der Waals surface area (Å²) in [5.41, 5.74) is 1.06. The SMILES string of the molecule is CCOCOCC1CC(O)CC(Oc2ccccc2CC=CC=C(CC)OC)O1. The van der Waals surface area contributed by atoms with Crippen molar-refractivity contribution in [1.29, 1.82) is 0 Å². The molecule has 0 bridgehead atoms. The number of hydrogen-bond acceptors (Lipinski definition) is 6. The lowest BCUT2D eigenvalue weighted by Crippen LogP contribution is -2.41. The number of hydrogen-bond donors (Lipinski definition) is 1. The summed E-state index contributed by atoms with van der Waals surface area (Å²) in [7, 11) is 1.68. The van der Waals surface area contributed by atoms with Crippen LogP contribution in [-0.2, 0) is 25.4 Å². The molecule has 1 heterocycles. The van der Waals surface area contributed by atoms with Gasteiger partial charge in [0.05, 0.1) is 31.7 Å². The number of methoxy groups -OCH3 is 1. The summed E-state index contributed by atoms with van der Waals surface area (Å²) in [6.07, 6.45) is 7.37. The van der Waals surface area contributed by atoms with E-state index in [1.54, 1.807) is 7.11 Å². The first-order valence-corrected chi connectivity index (χ1v) is 10.3. The van der Waals surface area contributed by atoms with E-state index in [1.165, 1.54) is 0 Å².